The summed E-state index contributed by atoms with van der Waals surface area (Å²) in [7, 11) is 2.08. The number of aromatic nitrogens is 2. The Morgan fingerprint density at radius 2 is 2.15 bits per heavy atom. The third-order valence-electron chi connectivity index (χ3n) is 4.50. The van der Waals surface area contributed by atoms with E-state index in [1.54, 1.807) is 24.7 Å². The van der Waals surface area contributed by atoms with Crippen molar-refractivity contribution in [2.45, 2.75) is 25.4 Å². The molecule has 1 aromatic carbocycles. The molecular weight excluding hydrogens is 334 g/mol. The Balaban J connectivity index is 1.83. The minimum Gasteiger partial charge on any atom is -0.482 e. The van der Waals surface area contributed by atoms with Gasteiger partial charge in [-0.05, 0) is 38.1 Å². The van der Waals surface area contributed by atoms with Gasteiger partial charge in [0.2, 0.25) is 0 Å². The van der Waals surface area contributed by atoms with Crippen molar-refractivity contribution in [1.82, 2.24) is 14.9 Å². The maximum atomic E-state index is 10.9. The number of carboxylic acid groups (broad SMARTS) is 1. The van der Waals surface area contributed by atoms with Crippen LogP contribution in [0.3, 0.4) is 0 Å². The SMILES string of the molecule is CN(Cc1cc(-c2cnccn2)ccc1OCC(=O)O)C1CCOCC1. The molecule has 26 heavy (non-hydrogen) atoms. The molecule has 2 aromatic rings. The quantitative estimate of drug-likeness (QED) is 0.813. The maximum Gasteiger partial charge on any atom is 0.341 e. The molecule has 7 nitrogen and oxygen atoms in total. The molecule has 0 aliphatic carbocycles. The molecule has 0 atom stereocenters. The topological polar surface area (TPSA) is 84.8 Å². The van der Waals surface area contributed by atoms with Crippen LogP contribution in [0.2, 0.25) is 0 Å². The highest BCUT2D eigenvalue weighted by Crippen LogP contribution is 2.28. The highest BCUT2D eigenvalue weighted by molar-refractivity contribution is 5.69. The number of hydrogen-bond acceptors (Lipinski definition) is 6. The van der Waals surface area contributed by atoms with Crippen LogP contribution in [0.4, 0.5) is 0 Å². The van der Waals surface area contributed by atoms with Crippen molar-refractivity contribution in [3.63, 3.8) is 0 Å². The molecule has 1 aliphatic rings. The molecule has 138 valence electrons. The minimum atomic E-state index is -0.994. The van der Waals surface area contributed by atoms with Gasteiger partial charge in [-0.3, -0.25) is 14.9 Å². The summed E-state index contributed by atoms with van der Waals surface area (Å²) in [6.07, 6.45) is 6.97. The van der Waals surface area contributed by atoms with Crippen molar-refractivity contribution in [2.24, 2.45) is 0 Å². The van der Waals surface area contributed by atoms with Crippen LogP contribution in [0.25, 0.3) is 11.3 Å². The van der Waals surface area contributed by atoms with Crippen molar-refractivity contribution < 1.29 is 19.4 Å². The van der Waals surface area contributed by atoms with Gasteiger partial charge >= 0.3 is 5.97 Å². The zero-order valence-electron chi connectivity index (χ0n) is 14.8. The van der Waals surface area contributed by atoms with E-state index in [1.807, 2.05) is 12.1 Å². The van der Waals surface area contributed by atoms with Gasteiger partial charge in [0, 0.05) is 49.3 Å². The zero-order valence-corrected chi connectivity index (χ0v) is 14.8. The van der Waals surface area contributed by atoms with Gasteiger partial charge in [0.15, 0.2) is 6.61 Å². The Morgan fingerprint density at radius 3 is 2.85 bits per heavy atom. The minimum absolute atomic E-state index is 0.363. The molecule has 0 radical (unpaired) electrons. The van der Waals surface area contributed by atoms with Crippen molar-refractivity contribution >= 4 is 5.97 Å². The maximum absolute atomic E-state index is 10.9. The summed E-state index contributed by atoms with van der Waals surface area (Å²) >= 11 is 0. The Morgan fingerprint density at radius 1 is 1.35 bits per heavy atom. The Labute approximate surface area is 152 Å². The fourth-order valence-corrected chi connectivity index (χ4v) is 3.11. The second kappa shape index (κ2) is 8.73. The second-order valence-electron chi connectivity index (χ2n) is 6.35. The number of carboxylic acids is 1. The van der Waals surface area contributed by atoms with Crippen LogP contribution < -0.4 is 4.74 Å². The van der Waals surface area contributed by atoms with E-state index in [9.17, 15) is 4.79 Å². The van der Waals surface area contributed by atoms with Gasteiger partial charge in [-0.2, -0.15) is 0 Å². The van der Waals surface area contributed by atoms with E-state index in [-0.39, 0.29) is 6.61 Å². The van der Waals surface area contributed by atoms with E-state index in [0.29, 0.717) is 18.3 Å². The second-order valence-corrected chi connectivity index (χ2v) is 6.35. The number of nitrogens with zero attached hydrogens (tertiary/aromatic N) is 3. The number of benzene rings is 1. The fourth-order valence-electron chi connectivity index (χ4n) is 3.11. The van der Waals surface area contributed by atoms with E-state index >= 15 is 0 Å². The lowest BCUT2D eigenvalue weighted by Crippen LogP contribution is -2.36. The Bertz CT molecular complexity index is 733. The first kappa shape index (κ1) is 18.3. The van der Waals surface area contributed by atoms with Gasteiger partial charge in [0.25, 0.3) is 0 Å². The Kier molecular flexibility index (Phi) is 6.14. The predicted molar refractivity (Wildman–Crippen MR) is 95.9 cm³/mol. The summed E-state index contributed by atoms with van der Waals surface area (Å²) in [5, 5.41) is 8.92. The summed E-state index contributed by atoms with van der Waals surface area (Å²) in [6.45, 7) is 1.85. The lowest BCUT2D eigenvalue weighted by atomic mass is 10.0. The van der Waals surface area contributed by atoms with Crippen molar-refractivity contribution in [3.8, 4) is 17.0 Å². The number of ether oxygens (including phenoxy) is 2. The highest BCUT2D eigenvalue weighted by atomic mass is 16.5. The molecule has 2 heterocycles. The van der Waals surface area contributed by atoms with E-state index in [0.717, 1.165) is 42.9 Å². The predicted octanol–water partition coefficient (Wildman–Crippen LogP) is 2.22. The van der Waals surface area contributed by atoms with Crippen LogP contribution in [0.15, 0.2) is 36.8 Å². The normalized spacial score (nSPS) is 15.2. The molecule has 0 saturated carbocycles. The number of rotatable bonds is 7. The third-order valence-corrected chi connectivity index (χ3v) is 4.50. The van der Waals surface area contributed by atoms with Crippen LogP contribution in [-0.2, 0) is 16.1 Å². The molecule has 1 aliphatic heterocycles. The van der Waals surface area contributed by atoms with E-state index in [4.69, 9.17) is 14.6 Å². The molecule has 3 rings (SSSR count). The average molecular weight is 357 g/mol. The van der Waals surface area contributed by atoms with Crippen molar-refractivity contribution in [1.29, 1.82) is 0 Å². The first-order valence-corrected chi connectivity index (χ1v) is 8.65. The molecule has 0 bridgehead atoms. The first-order chi connectivity index (χ1) is 12.6. The van der Waals surface area contributed by atoms with Gasteiger partial charge in [0.1, 0.15) is 5.75 Å². The largest absolute Gasteiger partial charge is 0.482 e. The summed E-state index contributed by atoms with van der Waals surface area (Å²) in [5.74, 6) is -0.411. The highest BCUT2D eigenvalue weighted by Gasteiger charge is 2.20. The number of carbonyl (C=O) groups is 1. The summed E-state index contributed by atoms with van der Waals surface area (Å²) in [5.41, 5.74) is 2.63. The monoisotopic (exact) mass is 357 g/mol. The van der Waals surface area contributed by atoms with Gasteiger partial charge < -0.3 is 14.6 Å². The van der Waals surface area contributed by atoms with E-state index < -0.39 is 5.97 Å². The smallest absolute Gasteiger partial charge is 0.341 e. The summed E-state index contributed by atoms with van der Waals surface area (Å²) in [6, 6.07) is 6.12. The summed E-state index contributed by atoms with van der Waals surface area (Å²) < 4.78 is 10.9. The van der Waals surface area contributed by atoms with Crippen molar-refractivity contribution in [3.05, 3.63) is 42.4 Å². The zero-order chi connectivity index (χ0) is 18.4. The van der Waals surface area contributed by atoms with Crippen LogP contribution in [0.5, 0.6) is 5.75 Å². The first-order valence-electron chi connectivity index (χ1n) is 8.65. The molecule has 1 N–H and O–H groups in total. The van der Waals surface area contributed by atoms with Gasteiger partial charge in [-0.15, -0.1) is 0 Å². The lowest BCUT2D eigenvalue weighted by molar-refractivity contribution is -0.139. The molecule has 0 amide bonds. The van der Waals surface area contributed by atoms with Crippen molar-refractivity contribution in [2.75, 3.05) is 26.9 Å². The number of hydrogen-bond donors (Lipinski definition) is 1. The molecule has 0 spiro atoms. The molecule has 7 heteroatoms. The van der Waals surface area contributed by atoms with Crippen LogP contribution in [0.1, 0.15) is 18.4 Å². The van der Waals surface area contributed by atoms with E-state index in [1.165, 1.54) is 0 Å². The van der Waals surface area contributed by atoms with Crippen LogP contribution in [-0.4, -0.2) is 58.9 Å². The summed E-state index contributed by atoms with van der Waals surface area (Å²) in [4.78, 5) is 21.6. The molecule has 1 aromatic heterocycles. The molecular formula is C19H23N3O4. The molecule has 1 saturated heterocycles. The van der Waals surface area contributed by atoms with E-state index in [2.05, 4.69) is 21.9 Å². The molecule has 1 fully saturated rings. The van der Waals surface area contributed by atoms with Crippen LogP contribution >= 0.6 is 0 Å². The fraction of sp³-hybridized carbons (Fsp3) is 0.421. The Hall–Kier alpha value is -2.51. The lowest BCUT2D eigenvalue weighted by Gasteiger charge is -2.31. The van der Waals surface area contributed by atoms with Gasteiger partial charge in [-0.25, -0.2) is 4.79 Å². The van der Waals surface area contributed by atoms with Crippen LogP contribution in [0, 0.1) is 0 Å². The molecule has 0 unspecified atom stereocenters. The standard InChI is InChI=1S/C19H23N3O4/c1-22(16-4-8-25-9-5-16)12-15-10-14(17-11-20-6-7-21-17)2-3-18(15)26-13-19(23)24/h2-3,6-7,10-11,16H,4-5,8-9,12-13H2,1H3,(H,23,24). The third kappa shape index (κ3) is 4.77. The van der Waals surface area contributed by atoms with Gasteiger partial charge in [-0.1, -0.05) is 0 Å². The number of aliphatic carboxylic acids is 1. The average Bonchev–Trinajstić information content (AvgIpc) is 2.68. The van der Waals surface area contributed by atoms with Gasteiger partial charge in [0.05, 0.1) is 11.9 Å².